The lowest BCUT2D eigenvalue weighted by molar-refractivity contribution is -0.133. The minimum absolute atomic E-state index is 0.0434. The fraction of sp³-hybridized carbons (Fsp3) is 0.429. The number of aromatic amines is 1. The largest absolute Gasteiger partial charge is 0.508 e. The monoisotopic (exact) mass is 508 g/mol. The number of methoxy groups -OCH3 is 1. The standard InChI is InChI=1S/C28H33FN4O4/c1-16(2)31(4)12-7-13-32-26(35)28(3)15-19-22-20(10-11-21(37-5)23(22)29)30-24(19)25(33(28)27(32)36)17-8-6-9-18(34)14-17/h6,8-11,14,16,25,30,34H,7,12-13,15H2,1-5H3. The molecule has 2 N–H and O–H groups in total. The van der Waals surface area contributed by atoms with Gasteiger partial charge >= 0.3 is 6.03 Å². The molecule has 1 fully saturated rings. The summed E-state index contributed by atoms with van der Waals surface area (Å²) in [6.07, 6.45) is 0.807. The minimum atomic E-state index is -1.21. The van der Waals surface area contributed by atoms with Crippen LogP contribution in [0, 0.1) is 5.82 Å². The molecule has 9 heteroatoms. The number of carbonyl (C=O) groups excluding carboxylic acids is 2. The number of amides is 3. The van der Waals surface area contributed by atoms with Gasteiger partial charge in [-0.25, -0.2) is 9.18 Å². The zero-order valence-corrected chi connectivity index (χ0v) is 21.8. The van der Waals surface area contributed by atoms with Crippen molar-refractivity contribution in [1.29, 1.82) is 0 Å². The molecule has 5 rings (SSSR count). The number of urea groups is 1. The quantitative estimate of drug-likeness (QED) is 0.461. The van der Waals surface area contributed by atoms with Crippen molar-refractivity contribution < 1.29 is 23.8 Å². The van der Waals surface area contributed by atoms with E-state index in [1.165, 1.54) is 12.0 Å². The van der Waals surface area contributed by atoms with E-state index in [1.807, 2.05) is 7.05 Å². The first kappa shape index (κ1) is 25.1. The normalized spacial score (nSPS) is 21.4. The molecule has 3 amide bonds. The van der Waals surface area contributed by atoms with Crippen LogP contribution in [0.4, 0.5) is 9.18 Å². The Balaban J connectivity index is 1.63. The summed E-state index contributed by atoms with van der Waals surface area (Å²) in [5, 5.41) is 10.6. The highest BCUT2D eigenvalue weighted by Crippen LogP contribution is 2.49. The summed E-state index contributed by atoms with van der Waals surface area (Å²) in [5.41, 5.74) is 1.25. The SMILES string of the molecule is COc1ccc2[nH]c3c(c2c1F)CC1(C)C(=O)N(CCCN(C)C(C)C)C(=O)N1C3c1cccc(O)c1. The molecule has 0 bridgehead atoms. The first-order valence-corrected chi connectivity index (χ1v) is 12.6. The minimum Gasteiger partial charge on any atom is -0.508 e. The molecule has 2 aromatic carbocycles. The van der Waals surface area contributed by atoms with Crippen molar-refractivity contribution in [3.63, 3.8) is 0 Å². The van der Waals surface area contributed by atoms with Crippen LogP contribution in [0.15, 0.2) is 36.4 Å². The Bertz CT molecular complexity index is 1390. The van der Waals surface area contributed by atoms with Crippen LogP contribution in [-0.4, -0.2) is 75.6 Å². The van der Waals surface area contributed by atoms with E-state index in [0.717, 1.165) is 6.54 Å². The first-order chi connectivity index (χ1) is 17.6. The molecule has 2 aliphatic rings. The third-order valence-corrected chi connectivity index (χ3v) is 7.91. The van der Waals surface area contributed by atoms with E-state index < -0.39 is 17.4 Å². The topological polar surface area (TPSA) is 89.1 Å². The van der Waals surface area contributed by atoms with Crippen molar-refractivity contribution in [2.45, 2.75) is 51.2 Å². The lowest BCUT2D eigenvalue weighted by atomic mass is 9.81. The Hall–Kier alpha value is -3.59. The lowest BCUT2D eigenvalue weighted by Crippen LogP contribution is -2.53. The van der Waals surface area contributed by atoms with Gasteiger partial charge in [-0.15, -0.1) is 0 Å². The maximum Gasteiger partial charge on any atom is 0.328 e. The third-order valence-electron chi connectivity index (χ3n) is 7.91. The van der Waals surface area contributed by atoms with Crippen LogP contribution in [0.3, 0.4) is 0 Å². The molecule has 196 valence electrons. The fourth-order valence-corrected chi connectivity index (χ4v) is 5.68. The van der Waals surface area contributed by atoms with Crippen molar-refractivity contribution in [3.8, 4) is 11.5 Å². The van der Waals surface area contributed by atoms with Gasteiger partial charge in [0.25, 0.3) is 5.91 Å². The van der Waals surface area contributed by atoms with Crippen LogP contribution < -0.4 is 4.74 Å². The van der Waals surface area contributed by atoms with E-state index in [0.29, 0.717) is 46.7 Å². The van der Waals surface area contributed by atoms with E-state index in [-0.39, 0.29) is 29.9 Å². The average Bonchev–Trinajstić information content (AvgIpc) is 3.31. The van der Waals surface area contributed by atoms with Crippen LogP contribution in [0.2, 0.25) is 0 Å². The Morgan fingerprint density at radius 2 is 2.03 bits per heavy atom. The van der Waals surface area contributed by atoms with Crippen LogP contribution in [-0.2, 0) is 11.2 Å². The van der Waals surface area contributed by atoms with Crippen LogP contribution >= 0.6 is 0 Å². The lowest BCUT2D eigenvalue weighted by Gasteiger charge is -2.42. The zero-order valence-electron chi connectivity index (χ0n) is 21.8. The van der Waals surface area contributed by atoms with Crippen LogP contribution in [0.5, 0.6) is 11.5 Å². The number of benzene rings is 2. The number of rotatable bonds is 7. The van der Waals surface area contributed by atoms with E-state index >= 15 is 4.39 Å². The summed E-state index contributed by atoms with van der Waals surface area (Å²) in [7, 11) is 3.43. The molecule has 0 aliphatic carbocycles. The number of halogens is 1. The maximum atomic E-state index is 15.5. The second kappa shape index (κ2) is 9.06. The molecular formula is C28H33FN4O4. The van der Waals surface area contributed by atoms with Crippen molar-refractivity contribution in [2.75, 3.05) is 27.2 Å². The van der Waals surface area contributed by atoms with Gasteiger partial charge in [-0.1, -0.05) is 12.1 Å². The molecular weight excluding hydrogens is 475 g/mol. The smallest absolute Gasteiger partial charge is 0.328 e. The van der Waals surface area contributed by atoms with Gasteiger partial charge in [0.2, 0.25) is 0 Å². The van der Waals surface area contributed by atoms with Gasteiger partial charge in [0.05, 0.1) is 7.11 Å². The number of nitrogens with one attached hydrogen (secondary N) is 1. The number of hydrogen-bond donors (Lipinski definition) is 2. The predicted molar refractivity (Wildman–Crippen MR) is 138 cm³/mol. The maximum absolute atomic E-state index is 15.5. The van der Waals surface area contributed by atoms with Gasteiger partial charge in [0, 0.05) is 35.6 Å². The van der Waals surface area contributed by atoms with E-state index in [2.05, 4.69) is 23.7 Å². The molecule has 0 spiro atoms. The van der Waals surface area contributed by atoms with Crippen molar-refractivity contribution in [2.24, 2.45) is 0 Å². The van der Waals surface area contributed by atoms with Gasteiger partial charge in [-0.05, 0) is 76.2 Å². The number of hydrogen-bond acceptors (Lipinski definition) is 5. The Kier molecular flexibility index (Phi) is 6.14. The number of aromatic nitrogens is 1. The highest BCUT2D eigenvalue weighted by atomic mass is 19.1. The summed E-state index contributed by atoms with van der Waals surface area (Å²) in [6.45, 7) is 6.99. The molecule has 37 heavy (non-hydrogen) atoms. The second-order valence-electron chi connectivity index (χ2n) is 10.5. The van der Waals surface area contributed by atoms with Gasteiger partial charge in [-0.2, -0.15) is 0 Å². The number of imide groups is 1. The number of aromatic hydroxyl groups is 1. The predicted octanol–water partition coefficient (Wildman–Crippen LogP) is 4.42. The fourth-order valence-electron chi connectivity index (χ4n) is 5.68. The molecule has 3 heterocycles. The molecule has 1 aromatic heterocycles. The van der Waals surface area contributed by atoms with E-state index in [4.69, 9.17) is 4.74 Å². The van der Waals surface area contributed by atoms with Crippen LogP contribution in [0.1, 0.15) is 50.1 Å². The van der Waals surface area contributed by atoms with Crippen molar-refractivity contribution >= 4 is 22.8 Å². The number of nitrogens with zero attached hydrogens (tertiary/aromatic N) is 3. The van der Waals surface area contributed by atoms with E-state index in [1.54, 1.807) is 48.2 Å². The summed E-state index contributed by atoms with van der Waals surface area (Å²) in [4.78, 5) is 36.2. The number of ether oxygens (including phenoxy) is 1. The summed E-state index contributed by atoms with van der Waals surface area (Å²) in [5.74, 6) is -0.643. The molecule has 2 atom stereocenters. The first-order valence-electron chi connectivity index (χ1n) is 12.6. The van der Waals surface area contributed by atoms with Gasteiger partial charge in [0.1, 0.15) is 17.3 Å². The molecule has 2 unspecified atom stereocenters. The zero-order chi connectivity index (χ0) is 26.6. The van der Waals surface area contributed by atoms with E-state index in [9.17, 15) is 14.7 Å². The summed E-state index contributed by atoms with van der Waals surface area (Å²) >= 11 is 0. The molecule has 2 aliphatic heterocycles. The van der Waals surface area contributed by atoms with Gasteiger partial charge < -0.3 is 19.7 Å². The highest BCUT2D eigenvalue weighted by Gasteiger charge is 2.60. The Morgan fingerprint density at radius 3 is 2.70 bits per heavy atom. The second-order valence-corrected chi connectivity index (χ2v) is 10.5. The number of H-pyrrole nitrogens is 1. The molecule has 3 aromatic rings. The summed E-state index contributed by atoms with van der Waals surface area (Å²) in [6, 6.07) is 9.20. The highest BCUT2D eigenvalue weighted by molar-refractivity contribution is 6.08. The average molecular weight is 509 g/mol. The van der Waals surface area contributed by atoms with Crippen molar-refractivity contribution in [3.05, 3.63) is 59.0 Å². The van der Waals surface area contributed by atoms with Gasteiger partial charge in [0.15, 0.2) is 11.6 Å². The Labute approximate surface area is 215 Å². The molecule has 0 saturated carbocycles. The number of carbonyl (C=O) groups is 2. The van der Waals surface area contributed by atoms with Gasteiger partial charge in [-0.3, -0.25) is 14.6 Å². The molecule has 0 radical (unpaired) electrons. The number of fused-ring (bicyclic) bond motifs is 4. The molecule has 1 saturated heterocycles. The third kappa shape index (κ3) is 3.83. The van der Waals surface area contributed by atoms with Crippen molar-refractivity contribution in [1.82, 2.24) is 19.7 Å². The Morgan fingerprint density at radius 1 is 1.27 bits per heavy atom. The summed E-state index contributed by atoms with van der Waals surface area (Å²) < 4.78 is 20.8. The number of phenols is 1. The van der Waals surface area contributed by atoms with Crippen LogP contribution in [0.25, 0.3) is 10.9 Å². The molecule has 8 nitrogen and oxygen atoms in total. The number of phenolic OH excluding ortho intramolecular Hbond substituents is 1.